The molecule has 182 valence electrons. The topological polar surface area (TPSA) is 70.4 Å². The minimum atomic E-state index is -0.247. The predicted molar refractivity (Wildman–Crippen MR) is 144 cm³/mol. The average molecular weight is 577 g/mol. The van der Waals surface area contributed by atoms with E-state index in [9.17, 15) is 4.39 Å². The Morgan fingerprint density at radius 2 is 1.88 bits per heavy atom. The Hall–Kier alpha value is -2.53. The summed E-state index contributed by atoms with van der Waals surface area (Å²) in [6.45, 7) is 6.56. The molecule has 1 aliphatic rings. The number of piperidine rings is 1. The summed E-state index contributed by atoms with van der Waals surface area (Å²) in [6.07, 6.45) is 6.66. The lowest BCUT2D eigenvalue weighted by molar-refractivity contribution is 0.196. The third-order valence-electron chi connectivity index (χ3n) is 5.76. The molecule has 0 unspecified atom stereocenters. The zero-order valence-electron chi connectivity index (χ0n) is 19.5. The summed E-state index contributed by atoms with van der Waals surface area (Å²) in [7, 11) is 0. The molecule has 1 fully saturated rings. The molecule has 0 amide bonds. The molecule has 0 radical (unpaired) electrons. The number of pyridine rings is 1. The number of rotatable bonds is 8. The van der Waals surface area contributed by atoms with Gasteiger partial charge in [-0.25, -0.2) is 9.07 Å². The van der Waals surface area contributed by atoms with Crippen LogP contribution in [-0.2, 0) is 13.0 Å². The van der Waals surface area contributed by atoms with Gasteiger partial charge in [-0.1, -0.05) is 6.07 Å². The number of guanidine groups is 1. The number of hydrogen-bond donors (Lipinski definition) is 2. The van der Waals surface area contributed by atoms with Gasteiger partial charge in [0.25, 0.3) is 0 Å². The van der Waals surface area contributed by atoms with Crippen LogP contribution < -0.4 is 10.6 Å². The largest absolute Gasteiger partial charge is 0.357 e. The number of aromatic nitrogens is 3. The van der Waals surface area contributed by atoms with Gasteiger partial charge in [-0.05, 0) is 62.2 Å². The molecule has 3 aromatic rings. The molecule has 9 heteroatoms. The number of hydrogen-bond acceptors (Lipinski definition) is 4. The quantitative estimate of drug-likeness (QED) is 0.242. The van der Waals surface area contributed by atoms with Gasteiger partial charge in [-0.3, -0.25) is 14.9 Å². The number of benzene rings is 1. The maximum atomic E-state index is 13.1. The second-order valence-electron chi connectivity index (χ2n) is 8.25. The first-order chi connectivity index (χ1) is 16.2. The summed E-state index contributed by atoms with van der Waals surface area (Å²) >= 11 is 0. The van der Waals surface area contributed by atoms with Crippen molar-refractivity contribution in [2.75, 3.05) is 26.2 Å². The molecule has 7 nitrogen and oxygen atoms in total. The maximum absolute atomic E-state index is 13.1. The fraction of sp³-hybridized carbons (Fsp3) is 0.400. The van der Waals surface area contributed by atoms with Crippen molar-refractivity contribution in [2.45, 2.75) is 38.8 Å². The number of nitrogens with one attached hydrogen (secondary N) is 2. The minimum Gasteiger partial charge on any atom is -0.357 e. The van der Waals surface area contributed by atoms with E-state index >= 15 is 0 Å². The first-order valence-electron chi connectivity index (χ1n) is 11.7. The molecule has 0 aliphatic carbocycles. The molecule has 0 atom stereocenters. The fourth-order valence-electron chi connectivity index (χ4n) is 3.98. The van der Waals surface area contributed by atoms with E-state index in [2.05, 4.69) is 38.6 Å². The maximum Gasteiger partial charge on any atom is 0.191 e. The van der Waals surface area contributed by atoms with Gasteiger partial charge < -0.3 is 10.6 Å². The molecular weight excluding hydrogens is 544 g/mol. The van der Waals surface area contributed by atoms with Gasteiger partial charge in [0.05, 0.1) is 17.1 Å². The molecular formula is C25H33FIN7. The van der Waals surface area contributed by atoms with Gasteiger partial charge >= 0.3 is 0 Å². The van der Waals surface area contributed by atoms with E-state index in [0.29, 0.717) is 12.6 Å². The summed E-state index contributed by atoms with van der Waals surface area (Å²) in [4.78, 5) is 11.7. The van der Waals surface area contributed by atoms with Gasteiger partial charge in [0.1, 0.15) is 5.82 Å². The van der Waals surface area contributed by atoms with Crippen LogP contribution in [0.25, 0.3) is 5.69 Å². The van der Waals surface area contributed by atoms with Crippen LogP contribution in [0.15, 0.2) is 65.9 Å². The highest BCUT2D eigenvalue weighted by molar-refractivity contribution is 14.0. The van der Waals surface area contributed by atoms with E-state index < -0.39 is 0 Å². The van der Waals surface area contributed by atoms with Crippen LogP contribution in [-0.4, -0.2) is 57.8 Å². The van der Waals surface area contributed by atoms with Crippen molar-refractivity contribution in [3.63, 3.8) is 0 Å². The van der Waals surface area contributed by atoms with Gasteiger partial charge in [0.2, 0.25) is 0 Å². The molecule has 0 saturated carbocycles. The average Bonchev–Trinajstić information content (AvgIpc) is 3.30. The predicted octanol–water partition coefficient (Wildman–Crippen LogP) is 3.79. The highest BCUT2D eigenvalue weighted by atomic mass is 127. The number of aliphatic imine (C=N–C) groups is 1. The van der Waals surface area contributed by atoms with Crippen molar-refractivity contribution in [1.29, 1.82) is 0 Å². The first-order valence-corrected chi connectivity index (χ1v) is 11.7. The van der Waals surface area contributed by atoms with Crippen LogP contribution in [0, 0.1) is 5.82 Å². The standard InChI is InChI=1S/C25H32FN7.HI/c1-2-27-25(30-21-11-16-32(17-12-21)19-23-5-3-4-14-28-23)29-15-10-22-13-18-33(31-22)24-8-6-20(26)7-9-24;/h3-9,13-14,18,21H,2,10-12,15-17,19H2,1H3,(H2,27,29,30);1H. The van der Waals surface area contributed by atoms with Crippen molar-refractivity contribution >= 4 is 29.9 Å². The molecule has 3 heterocycles. The molecule has 1 aliphatic heterocycles. The van der Waals surface area contributed by atoms with Gasteiger partial charge in [0, 0.05) is 57.6 Å². The van der Waals surface area contributed by atoms with Crippen molar-refractivity contribution in [1.82, 2.24) is 30.3 Å². The van der Waals surface area contributed by atoms with Gasteiger partial charge in [0.15, 0.2) is 5.96 Å². The summed E-state index contributed by atoms with van der Waals surface area (Å²) < 4.78 is 14.9. The smallest absolute Gasteiger partial charge is 0.191 e. The summed E-state index contributed by atoms with van der Waals surface area (Å²) in [6, 6.07) is 14.8. The zero-order valence-corrected chi connectivity index (χ0v) is 21.9. The number of halogens is 2. The SMILES string of the molecule is CCNC(=NCCc1ccn(-c2ccc(F)cc2)n1)NC1CCN(Cc2ccccn2)CC1.I. The third-order valence-corrected chi connectivity index (χ3v) is 5.76. The van der Waals surface area contributed by atoms with Crippen LogP contribution in [0.3, 0.4) is 0 Å². The molecule has 34 heavy (non-hydrogen) atoms. The Balaban J connectivity index is 0.00000324. The first kappa shape index (κ1) is 26.1. The van der Waals surface area contributed by atoms with E-state index in [4.69, 9.17) is 4.99 Å². The normalized spacial score (nSPS) is 15.1. The van der Waals surface area contributed by atoms with Crippen molar-refractivity contribution < 1.29 is 4.39 Å². The van der Waals surface area contributed by atoms with Crippen LogP contribution in [0.4, 0.5) is 4.39 Å². The lowest BCUT2D eigenvalue weighted by Gasteiger charge is -2.32. The monoisotopic (exact) mass is 577 g/mol. The van der Waals surface area contributed by atoms with Crippen LogP contribution in [0.1, 0.15) is 31.2 Å². The Morgan fingerprint density at radius 3 is 2.59 bits per heavy atom. The molecule has 4 rings (SSSR count). The van der Waals surface area contributed by atoms with Crippen LogP contribution in [0.5, 0.6) is 0 Å². The fourth-order valence-corrected chi connectivity index (χ4v) is 3.98. The van der Waals surface area contributed by atoms with Gasteiger partial charge in [-0.2, -0.15) is 5.10 Å². The number of likely N-dealkylation sites (tertiary alicyclic amines) is 1. The van der Waals surface area contributed by atoms with E-state index in [0.717, 1.165) is 68.5 Å². The van der Waals surface area contributed by atoms with Crippen molar-refractivity contribution in [3.8, 4) is 5.69 Å². The second-order valence-corrected chi connectivity index (χ2v) is 8.25. The molecule has 2 N–H and O–H groups in total. The van der Waals surface area contributed by atoms with Crippen LogP contribution >= 0.6 is 24.0 Å². The van der Waals surface area contributed by atoms with Crippen molar-refractivity contribution in [3.05, 3.63) is 78.1 Å². The molecule has 0 bridgehead atoms. The molecule has 1 saturated heterocycles. The van der Waals surface area contributed by atoms with E-state index in [1.165, 1.54) is 12.1 Å². The Kier molecular flexibility index (Phi) is 10.3. The summed E-state index contributed by atoms with van der Waals surface area (Å²) in [5.41, 5.74) is 2.93. The zero-order chi connectivity index (χ0) is 22.9. The molecule has 1 aromatic carbocycles. The summed E-state index contributed by atoms with van der Waals surface area (Å²) in [5, 5.41) is 11.5. The van der Waals surface area contributed by atoms with E-state index in [1.54, 1.807) is 16.8 Å². The Bertz CT molecular complexity index is 1020. The molecule has 2 aromatic heterocycles. The highest BCUT2D eigenvalue weighted by Crippen LogP contribution is 2.13. The number of nitrogens with zero attached hydrogens (tertiary/aromatic N) is 5. The Morgan fingerprint density at radius 1 is 1.09 bits per heavy atom. The lowest BCUT2D eigenvalue weighted by Crippen LogP contribution is -2.48. The second kappa shape index (κ2) is 13.4. The molecule has 0 spiro atoms. The lowest BCUT2D eigenvalue weighted by atomic mass is 10.0. The minimum absolute atomic E-state index is 0. The van der Waals surface area contributed by atoms with Gasteiger partial charge in [-0.15, -0.1) is 24.0 Å². The van der Waals surface area contributed by atoms with E-state index in [-0.39, 0.29) is 29.8 Å². The van der Waals surface area contributed by atoms with Crippen LogP contribution in [0.2, 0.25) is 0 Å². The summed E-state index contributed by atoms with van der Waals surface area (Å²) in [5.74, 6) is 0.612. The highest BCUT2D eigenvalue weighted by Gasteiger charge is 2.20. The Labute approximate surface area is 217 Å². The third kappa shape index (κ3) is 7.76. The van der Waals surface area contributed by atoms with E-state index in [1.807, 2.05) is 30.6 Å². The van der Waals surface area contributed by atoms with Crippen molar-refractivity contribution in [2.24, 2.45) is 4.99 Å².